The highest BCUT2D eigenvalue weighted by Crippen LogP contribution is 2.33. The number of nitrogen functional groups attached to an aromatic ring is 1. The van der Waals surface area contributed by atoms with E-state index < -0.39 is 0 Å². The quantitative estimate of drug-likeness (QED) is 0.915. The molecule has 2 rings (SSSR count). The summed E-state index contributed by atoms with van der Waals surface area (Å²) in [5.41, 5.74) is 8.90. The van der Waals surface area contributed by atoms with Crippen LogP contribution in [0.3, 0.4) is 0 Å². The van der Waals surface area contributed by atoms with Gasteiger partial charge in [0.25, 0.3) is 0 Å². The molecule has 0 fully saturated rings. The first-order chi connectivity index (χ1) is 7.63. The predicted molar refractivity (Wildman–Crippen MR) is 68.2 cm³/mol. The normalized spacial score (nSPS) is 10.7. The third-order valence-corrected chi connectivity index (χ3v) is 3.20. The van der Waals surface area contributed by atoms with E-state index >= 15 is 0 Å². The topological polar surface area (TPSA) is 52.0 Å². The minimum Gasteiger partial charge on any atom is -0.381 e. The molecule has 0 aliphatic heterocycles. The molecule has 2 N–H and O–H groups in total. The van der Waals surface area contributed by atoms with Crippen LogP contribution in [0.15, 0.2) is 27.2 Å². The monoisotopic (exact) mass is 280 g/mol. The summed E-state index contributed by atoms with van der Waals surface area (Å²) in [6.07, 6.45) is 0.810. The van der Waals surface area contributed by atoms with Crippen LogP contribution in [0, 0.1) is 6.92 Å². The van der Waals surface area contributed by atoms with Gasteiger partial charge in [0.15, 0.2) is 11.6 Å². The molecule has 0 amide bonds. The first kappa shape index (κ1) is 11.2. The van der Waals surface area contributed by atoms with E-state index in [0.717, 1.165) is 27.8 Å². The summed E-state index contributed by atoms with van der Waals surface area (Å²) in [5.74, 6) is 1.23. The van der Waals surface area contributed by atoms with Crippen molar-refractivity contribution >= 4 is 21.7 Å². The molecule has 2 aromatic rings. The van der Waals surface area contributed by atoms with Crippen LogP contribution in [0.5, 0.6) is 0 Å². The van der Waals surface area contributed by atoms with Gasteiger partial charge in [0.2, 0.25) is 0 Å². The van der Waals surface area contributed by atoms with Crippen LogP contribution in [0.25, 0.3) is 11.3 Å². The van der Waals surface area contributed by atoms with Gasteiger partial charge in [-0.2, -0.15) is 0 Å². The minimum absolute atomic E-state index is 0.477. The average Bonchev–Trinajstić information content (AvgIpc) is 2.59. The van der Waals surface area contributed by atoms with Crippen LogP contribution >= 0.6 is 15.9 Å². The van der Waals surface area contributed by atoms with E-state index in [-0.39, 0.29) is 0 Å². The average molecular weight is 281 g/mol. The third-order valence-electron chi connectivity index (χ3n) is 2.54. The molecule has 0 bridgehead atoms. The number of aromatic nitrogens is 1. The number of rotatable bonds is 2. The van der Waals surface area contributed by atoms with Gasteiger partial charge in [0, 0.05) is 15.6 Å². The number of nitrogens with two attached hydrogens (primary N) is 1. The highest BCUT2D eigenvalue weighted by Gasteiger charge is 2.16. The summed E-state index contributed by atoms with van der Waals surface area (Å²) in [5, 5.41) is 3.81. The number of hydrogen-bond donors (Lipinski definition) is 1. The second-order valence-corrected chi connectivity index (χ2v) is 4.57. The number of benzene rings is 1. The lowest BCUT2D eigenvalue weighted by Gasteiger charge is -2.03. The zero-order valence-corrected chi connectivity index (χ0v) is 10.8. The number of aryl methyl sites for hydroxylation is 1. The van der Waals surface area contributed by atoms with E-state index in [1.165, 1.54) is 5.56 Å². The molecule has 0 unspecified atom stereocenters. The molecule has 0 radical (unpaired) electrons. The number of hydrogen-bond acceptors (Lipinski definition) is 3. The van der Waals surface area contributed by atoms with Crippen LogP contribution in [0.2, 0.25) is 0 Å². The molecule has 0 aliphatic rings. The maximum absolute atomic E-state index is 5.75. The fourth-order valence-corrected chi connectivity index (χ4v) is 2.35. The van der Waals surface area contributed by atoms with Crippen molar-refractivity contribution in [2.75, 3.05) is 5.73 Å². The second kappa shape index (κ2) is 4.29. The van der Waals surface area contributed by atoms with Crippen LogP contribution in [0.4, 0.5) is 5.82 Å². The van der Waals surface area contributed by atoms with Crippen molar-refractivity contribution in [3.8, 4) is 11.3 Å². The van der Waals surface area contributed by atoms with E-state index in [2.05, 4.69) is 21.1 Å². The molecule has 0 saturated heterocycles. The van der Waals surface area contributed by atoms with Gasteiger partial charge in [-0.1, -0.05) is 34.1 Å². The Morgan fingerprint density at radius 1 is 1.44 bits per heavy atom. The van der Waals surface area contributed by atoms with Crippen molar-refractivity contribution < 1.29 is 4.52 Å². The smallest absolute Gasteiger partial charge is 0.173 e. The fraction of sp³-hybridized carbons (Fsp3) is 0.250. The predicted octanol–water partition coefficient (Wildman–Crippen LogP) is 3.56. The van der Waals surface area contributed by atoms with E-state index in [9.17, 15) is 0 Å². The molecular formula is C12H13BrN2O. The Bertz CT molecular complexity index is 520. The van der Waals surface area contributed by atoms with Gasteiger partial charge in [-0.3, -0.25) is 0 Å². The molecule has 1 heterocycles. The largest absolute Gasteiger partial charge is 0.381 e. The molecule has 0 aliphatic carbocycles. The Hall–Kier alpha value is -1.29. The number of halogens is 1. The lowest BCUT2D eigenvalue weighted by molar-refractivity contribution is 0.435. The molecule has 16 heavy (non-hydrogen) atoms. The molecule has 0 saturated carbocycles. The molecule has 3 nitrogen and oxygen atoms in total. The van der Waals surface area contributed by atoms with Gasteiger partial charge in [-0.15, -0.1) is 0 Å². The summed E-state index contributed by atoms with van der Waals surface area (Å²) in [7, 11) is 0. The lowest BCUT2D eigenvalue weighted by Crippen LogP contribution is -1.91. The maximum Gasteiger partial charge on any atom is 0.173 e. The van der Waals surface area contributed by atoms with E-state index in [1.807, 2.05) is 32.0 Å². The van der Waals surface area contributed by atoms with Gasteiger partial charge < -0.3 is 10.3 Å². The molecular weight excluding hydrogens is 268 g/mol. The van der Waals surface area contributed by atoms with Crippen molar-refractivity contribution in [2.24, 2.45) is 0 Å². The summed E-state index contributed by atoms with van der Waals surface area (Å²) >= 11 is 3.53. The second-order valence-electron chi connectivity index (χ2n) is 3.71. The van der Waals surface area contributed by atoms with E-state index in [0.29, 0.717) is 5.82 Å². The minimum atomic E-state index is 0.477. The Morgan fingerprint density at radius 3 is 2.81 bits per heavy atom. The summed E-state index contributed by atoms with van der Waals surface area (Å²) in [4.78, 5) is 0. The third kappa shape index (κ3) is 1.85. The first-order valence-corrected chi connectivity index (χ1v) is 5.93. The highest BCUT2D eigenvalue weighted by molar-refractivity contribution is 9.10. The summed E-state index contributed by atoms with van der Waals surface area (Å²) in [6.45, 7) is 4.08. The van der Waals surface area contributed by atoms with Crippen LogP contribution in [-0.2, 0) is 6.42 Å². The molecule has 1 aromatic heterocycles. The number of nitrogens with zero attached hydrogens (tertiary/aromatic N) is 1. The fourth-order valence-electron chi connectivity index (χ4n) is 1.68. The zero-order valence-electron chi connectivity index (χ0n) is 9.25. The molecule has 0 spiro atoms. The van der Waals surface area contributed by atoms with Gasteiger partial charge in [-0.05, 0) is 31.0 Å². The Morgan fingerprint density at radius 2 is 2.19 bits per heavy atom. The maximum atomic E-state index is 5.75. The molecule has 0 atom stereocenters. The van der Waals surface area contributed by atoms with Gasteiger partial charge >= 0.3 is 0 Å². The highest BCUT2D eigenvalue weighted by atomic mass is 79.9. The van der Waals surface area contributed by atoms with Crippen molar-refractivity contribution in [1.29, 1.82) is 0 Å². The number of anilines is 1. The first-order valence-electron chi connectivity index (χ1n) is 5.14. The molecule has 4 heteroatoms. The SMILES string of the molecule is CCc1c(N)noc1-c1ccc(C)cc1Br. The van der Waals surface area contributed by atoms with E-state index in [1.54, 1.807) is 0 Å². The van der Waals surface area contributed by atoms with Crippen molar-refractivity contribution in [1.82, 2.24) is 5.16 Å². The summed E-state index contributed by atoms with van der Waals surface area (Å²) in [6, 6.07) is 6.10. The lowest BCUT2D eigenvalue weighted by atomic mass is 10.1. The van der Waals surface area contributed by atoms with Crippen molar-refractivity contribution in [3.05, 3.63) is 33.8 Å². The van der Waals surface area contributed by atoms with Crippen LogP contribution in [0.1, 0.15) is 18.1 Å². The van der Waals surface area contributed by atoms with Crippen molar-refractivity contribution in [2.45, 2.75) is 20.3 Å². The van der Waals surface area contributed by atoms with Crippen molar-refractivity contribution in [3.63, 3.8) is 0 Å². The Balaban J connectivity index is 2.58. The molecule has 84 valence electrons. The molecule has 1 aromatic carbocycles. The van der Waals surface area contributed by atoms with Gasteiger partial charge in [0.05, 0.1) is 0 Å². The van der Waals surface area contributed by atoms with Gasteiger partial charge in [0.1, 0.15) is 0 Å². The Kier molecular flexibility index (Phi) is 3.01. The van der Waals surface area contributed by atoms with E-state index in [4.69, 9.17) is 10.3 Å². The standard InChI is InChI=1S/C12H13BrN2O/c1-3-8-11(16-15-12(8)14)9-5-4-7(2)6-10(9)13/h4-6H,3H2,1-2H3,(H2,14,15). The van der Waals surface area contributed by atoms with Crippen LogP contribution in [-0.4, -0.2) is 5.16 Å². The summed E-state index contributed by atoms with van der Waals surface area (Å²) < 4.78 is 6.29. The zero-order chi connectivity index (χ0) is 11.7. The van der Waals surface area contributed by atoms with Crippen LogP contribution < -0.4 is 5.73 Å². The Labute approximate surface area is 103 Å². The van der Waals surface area contributed by atoms with Gasteiger partial charge in [-0.25, -0.2) is 0 Å².